The number of thiophene rings is 1. The topological polar surface area (TPSA) is 31.0 Å². The van der Waals surface area contributed by atoms with Crippen molar-refractivity contribution in [1.29, 1.82) is 0 Å². The molecular formula is C39H22N2OS. The summed E-state index contributed by atoms with van der Waals surface area (Å²) in [6, 6.07) is 47.6. The average molecular weight is 567 g/mol. The first-order chi connectivity index (χ1) is 21.3. The Kier molecular flexibility index (Phi) is 4.60. The predicted molar refractivity (Wildman–Crippen MR) is 182 cm³/mol. The third-order valence-electron chi connectivity index (χ3n) is 8.80. The Bertz CT molecular complexity index is 2710. The molecule has 0 aliphatic carbocycles. The summed E-state index contributed by atoms with van der Waals surface area (Å²) >= 11 is 1.88. The summed E-state index contributed by atoms with van der Waals surface area (Å²) in [5, 5.41) is 9.93. The Morgan fingerprint density at radius 2 is 1.28 bits per heavy atom. The number of nitrogens with zero attached hydrogens (tertiary/aromatic N) is 2. The third-order valence-corrected chi connectivity index (χ3v) is 10.0. The van der Waals surface area contributed by atoms with Crippen LogP contribution in [0, 0.1) is 0 Å². The molecule has 200 valence electrons. The summed E-state index contributed by atoms with van der Waals surface area (Å²) in [7, 11) is 0. The van der Waals surface area contributed by atoms with Crippen molar-refractivity contribution in [3.8, 4) is 17.1 Å². The van der Waals surface area contributed by atoms with Crippen molar-refractivity contribution in [2.45, 2.75) is 0 Å². The van der Waals surface area contributed by atoms with Crippen LogP contribution in [0.3, 0.4) is 0 Å². The quantitative estimate of drug-likeness (QED) is 0.195. The van der Waals surface area contributed by atoms with E-state index in [0.29, 0.717) is 5.89 Å². The molecule has 0 radical (unpaired) electrons. The molecule has 0 aliphatic rings. The lowest BCUT2D eigenvalue weighted by Crippen LogP contribution is -1.92. The number of oxazole rings is 1. The van der Waals surface area contributed by atoms with Gasteiger partial charge in [0, 0.05) is 53.0 Å². The molecule has 3 nitrogen and oxygen atoms in total. The summed E-state index contributed by atoms with van der Waals surface area (Å²) < 4.78 is 11.2. The van der Waals surface area contributed by atoms with Crippen molar-refractivity contribution >= 4 is 86.0 Å². The van der Waals surface area contributed by atoms with E-state index in [1.807, 2.05) is 47.7 Å². The Morgan fingerprint density at radius 3 is 2.16 bits per heavy atom. The van der Waals surface area contributed by atoms with Gasteiger partial charge in [-0.15, -0.1) is 11.3 Å². The minimum Gasteiger partial charge on any atom is -0.436 e. The highest BCUT2D eigenvalue weighted by Crippen LogP contribution is 2.44. The van der Waals surface area contributed by atoms with Crippen LogP contribution in [0.5, 0.6) is 0 Å². The van der Waals surface area contributed by atoms with Crippen LogP contribution in [0.25, 0.3) is 91.8 Å². The van der Waals surface area contributed by atoms with Crippen molar-refractivity contribution in [2.24, 2.45) is 0 Å². The van der Waals surface area contributed by atoms with Gasteiger partial charge in [0.15, 0.2) is 5.58 Å². The fraction of sp³-hybridized carbons (Fsp3) is 0. The summed E-state index contributed by atoms with van der Waals surface area (Å²) in [4.78, 5) is 5.02. The van der Waals surface area contributed by atoms with Gasteiger partial charge in [-0.2, -0.15) is 0 Å². The molecule has 0 fully saturated rings. The van der Waals surface area contributed by atoms with E-state index in [0.717, 1.165) is 22.0 Å². The maximum absolute atomic E-state index is 6.25. The Balaban J connectivity index is 1.28. The third kappa shape index (κ3) is 3.21. The van der Waals surface area contributed by atoms with Gasteiger partial charge in [0.05, 0.1) is 11.0 Å². The second kappa shape index (κ2) is 8.54. The average Bonchev–Trinajstić information content (AvgIpc) is 3.76. The van der Waals surface area contributed by atoms with E-state index in [1.165, 1.54) is 63.8 Å². The molecule has 0 amide bonds. The van der Waals surface area contributed by atoms with Gasteiger partial charge in [-0.1, -0.05) is 84.9 Å². The van der Waals surface area contributed by atoms with E-state index < -0.39 is 0 Å². The van der Waals surface area contributed by atoms with Crippen LogP contribution in [0.4, 0.5) is 0 Å². The van der Waals surface area contributed by atoms with Crippen LogP contribution >= 0.6 is 11.3 Å². The first-order valence-corrected chi connectivity index (χ1v) is 15.3. The minimum atomic E-state index is 0.654. The summed E-state index contributed by atoms with van der Waals surface area (Å²) in [6.45, 7) is 0. The summed E-state index contributed by atoms with van der Waals surface area (Å²) in [5.41, 5.74) is 6.35. The normalized spacial score (nSPS) is 12.2. The zero-order valence-electron chi connectivity index (χ0n) is 22.9. The zero-order valence-corrected chi connectivity index (χ0v) is 23.7. The van der Waals surface area contributed by atoms with Gasteiger partial charge < -0.3 is 8.98 Å². The van der Waals surface area contributed by atoms with Crippen LogP contribution in [0.15, 0.2) is 138 Å². The lowest BCUT2D eigenvalue weighted by atomic mass is 9.99. The van der Waals surface area contributed by atoms with E-state index in [4.69, 9.17) is 9.40 Å². The largest absolute Gasteiger partial charge is 0.436 e. The maximum Gasteiger partial charge on any atom is 0.227 e. The van der Waals surface area contributed by atoms with Crippen molar-refractivity contribution < 1.29 is 4.42 Å². The Hall–Kier alpha value is -5.45. The molecule has 10 rings (SSSR count). The van der Waals surface area contributed by atoms with Gasteiger partial charge in [-0.25, -0.2) is 4.98 Å². The number of hydrogen-bond donors (Lipinski definition) is 0. The van der Waals surface area contributed by atoms with Gasteiger partial charge in [0.1, 0.15) is 5.52 Å². The molecule has 3 aromatic heterocycles. The van der Waals surface area contributed by atoms with E-state index in [2.05, 4.69) is 102 Å². The molecule has 3 heterocycles. The van der Waals surface area contributed by atoms with Gasteiger partial charge >= 0.3 is 0 Å². The van der Waals surface area contributed by atoms with Crippen LogP contribution in [0.2, 0.25) is 0 Å². The maximum atomic E-state index is 6.25. The minimum absolute atomic E-state index is 0.654. The van der Waals surface area contributed by atoms with Crippen LogP contribution in [-0.4, -0.2) is 9.55 Å². The Morgan fingerprint density at radius 1 is 0.558 bits per heavy atom. The lowest BCUT2D eigenvalue weighted by molar-refractivity contribution is 0.620. The molecular weight excluding hydrogens is 545 g/mol. The first-order valence-electron chi connectivity index (χ1n) is 14.5. The van der Waals surface area contributed by atoms with E-state index in [1.54, 1.807) is 0 Å². The van der Waals surface area contributed by atoms with Gasteiger partial charge in [0.25, 0.3) is 0 Å². The monoisotopic (exact) mass is 566 g/mol. The number of fused-ring (bicyclic) bond motifs is 12. The fourth-order valence-corrected chi connectivity index (χ4v) is 8.12. The summed E-state index contributed by atoms with van der Waals surface area (Å²) in [5.74, 6) is 0.654. The van der Waals surface area contributed by atoms with Crippen molar-refractivity contribution in [2.75, 3.05) is 0 Å². The first kappa shape index (κ1) is 23.1. The molecule has 0 aliphatic heterocycles. The smallest absolute Gasteiger partial charge is 0.227 e. The van der Waals surface area contributed by atoms with E-state index in [-0.39, 0.29) is 0 Å². The number of hydrogen-bond acceptors (Lipinski definition) is 3. The number of benzene rings is 7. The molecule has 7 aromatic carbocycles. The second-order valence-electron chi connectivity index (χ2n) is 11.2. The number of aromatic nitrogens is 2. The molecule has 0 saturated carbocycles. The van der Waals surface area contributed by atoms with E-state index >= 15 is 0 Å². The molecule has 43 heavy (non-hydrogen) atoms. The van der Waals surface area contributed by atoms with Crippen molar-refractivity contribution in [3.05, 3.63) is 133 Å². The molecule has 0 unspecified atom stereocenters. The lowest BCUT2D eigenvalue weighted by Gasteiger charge is -2.07. The van der Waals surface area contributed by atoms with Crippen molar-refractivity contribution in [3.63, 3.8) is 0 Å². The van der Waals surface area contributed by atoms with Gasteiger partial charge in [-0.3, -0.25) is 0 Å². The molecule has 0 N–H and O–H groups in total. The predicted octanol–water partition coefficient (Wildman–Crippen LogP) is 11.3. The highest BCUT2D eigenvalue weighted by atomic mass is 32.1. The van der Waals surface area contributed by atoms with Crippen LogP contribution in [-0.2, 0) is 0 Å². The molecule has 0 spiro atoms. The molecule has 0 saturated heterocycles. The summed E-state index contributed by atoms with van der Waals surface area (Å²) in [6.07, 6.45) is 0. The van der Waals surface area contributed by atoms with Crippen LogP contribution < -0.4 is 0 Å². The molecule has 4 heteroatoms. The second-order valence-corrected chi connectivity index (χ2v) is 12.2. The van der Waals surface area contributed by atoms with Gasteiger partial charge in [-0.05, 0) is 59.3 Å². The van der Waals surface area contributed by atoms with Crippen LogP contribution in [0.1, 0.15) is 0 Å². The highest BCUT2D eigenvalue weighted by Gasteiger charge is 2.18. The van der Waals surface area contributed by atoms with Crippen molar-refractivity contribution in [1.82, 2.24) is 9.55 Å². The standard InChI is InChI=1S/C39H22N2OS/c1-3-9-24(10-4-1)39-40-37-34(42-39)20-16-23-15-17-28-27(36(23)37)18-19-29-31-21-30-26-13-7-8-14-32(26)41(25-11-5-2-6-12-25)33(30)22-35(31)43-38(28)29/h1-22H. The van der Waals surface area contributed by atoms with E-state index in [9.17, 15) is 0 Å². The fourth-order valence-electron chi connectivity index (χ4n) is 6.87. The molecule has 10 aromatic rings. The highest BCUT2D eigenvalue weighted by molar-refractivity contribution is 7.26. The SMILES string of the molecule is c1ccc(-c2nc3c(ccc4ccc5c(ccc6c7cc8c9ccccc9n(-c9ccccc9)c8cc7sc65)c43)o2)cc1. The number of para-hydroxylation sites is 2. The number of rotatable bonds is 2. The molecule has 0 atom stereocenters. The zero-order chi connectivity index (χ0) is 28.1. The molecule has 0 bridgehead atoms. The Labute approximate surface area is 249 Å². The van der Waals surface area contributed by atoms with Gasteiger partial charge in [0.2, 0.25) is 5.89 Å².